The van der Waals surface area contributed by atoms with Gasteiger partial charge in [-0.05, 0) is 19.9 Å². The molecule has 4 rings (SSSR count). The summed E-state index contributed by atoms with van der Waals surface area (Å²) < 4.78 is 2.13. The first-order chi connectivity index (χ1) is 12.6. The maximum Gasteiger partial charge on any atom is 0.146 e. The summed E-state index contributed by atoms with van der Waals surface area (Å²) >= 11 is 1.69. The van der Waals surface area contributed by atoms with Crippen molar-refractivity contribution in [3.8, 4) is 10.6 Å². The number of aromatic nitrogens is 4. The highest BCUT2D eigenvalue weighted by Gasteiger charge is 2.31. The molecule has 0 bridgehead atoms. The lowest BCUT2D eigenvalue weighted by atomic mass is 9.80. The number of hydrogen-bond donors (Lipinski definition) is 1. The number of rotatable bonds is 6. The van der Waals surface area contributed by atoms with Crippen molar-refractivity contribution in [2.75, 3.05) is 7.05 Å². The first-order valence-electron chi connectivity index (χ1n) is 8.92. The molecule has 0 saturated heterocycles. The summed E-state index contributed by atoms with van der Waals surface area (Å²) in [4.78, 5) is 7.00. The van der Waals surface area contributed by atoms with Gasteiger partial charge in [-0.3, -0.25) is 4.90 Å². The molecule has 0 amide bonds. The van der Waals surface area contributed by atoms with Crippen molar-refractivity contribution in [2.45, 2.75) is 37.9 Å². The summed E-state index contributed by atoms with van der Waals surface area (Å²) in [5.41, 5.74) is 8.16. The van der Waals surface area contributed by atoms with Crippen molar-refractivity contribution < 1.29 is 0 Å². The lowest BCUT2D eigenvalue weighted by Gasteiger charge is -2.31. The van der Waals surface area contributed by atoms with Crippen LogP contribution in [0.3, 0.4) is 0 Å². The molecular formula is C19H24N6S. The van der Waals surface area contributed by atoms with Gasteiger partial charge in [0.1, 0.15) is 16.7 Å². The van der Waals surface area contributed by atoms with Gasteiger partial charge in [0.2, 0.25) is 0 Å². The zero-order valence-corrected chi connectivity index (χ0v) is 16.0. The highest BCUT2D eigenvalue weighted by atomic mass is 32.1. The fourth-order valence-electron chi connectivity index (χ4n) is 3.41. The monoisotopic (exact) mass is 368 g/mol. The highest BCUT2D eigenvalue weighted by Crippen LogP contribution is 2.34. The molecule has 1 fully saturated rings. The van der Waals surface area contributed by atoms with E-state index in [1.165, 1.54) is 5.56 Å². The molecule has 26 heavy (non-hydrogen) atoms. The number of nitrogens with zero attached hydrogens (tertiary/aromatic N) is 5. The van der Waals surface area contributed by atoms with Crippen molar-refractivity contribution >= 4 is 11.3 Å². The number of hydrogen-bond acceptors (Lipinski definition) is 6. The van der Waals surface area contributed by atoms with Crippen LogP contribution in [0.25, 0.3) is 10.6 Å². The van der Waals surface area contributed by atoms with E-state index in [1.807, 2.05) is 18.2 Å². The average molecular weight is 369 g/mol. The Morgan fingerprint density at radius 3 is 2.69 bits per heavy atom. The van der Waals surface area contributed by atoms with Crippen LogP contribution in [0.2, 0.25) is 0 Å². The Kier molecular flexibility index (Phi) is 4.84. The topological polar surface area (TPSA) is 72.9 Å². The molecule has 2 aromatic heterocycles. The molecule has 1 aliphatic carbocycles. The molecule has 3 aromatic rings. The summed E-state index contributed by atoms with van der Waals surface area (Å²) in [6.45, 7) is 1.54. The van der Waals surface area contributed by atoms with Crippen LogP contribution in [0.5, 0.6) is 0 Å². The third kappa shape index (κ3) is 3.56. The van der Waals surface area contributed by atoms with Crippen LogP contribution in [-0.4, -0.2) is 37.7 Å². The van der Waals surface area contributed by atoms with Crippen LogP contribution in [-0.2, 0) is 20.1 Å². The third-order valence-electron chi connectivity index (χ3n) is 4.95. The van der Waals surface area contributed by atoms with Gasteiger partial charge in [0.25, 0.3) is 0 Å². The summed E-state index contributed by atoms with van der Waals surface area (Å²) in [5.74, 6) is 2.52. The number of thiazole rings is 1. The van der Waals surface area contributed by atoms with Crippen LogP contribution in [0, 0.1) is 0 Å². The van der Waals surface area contributed by atoms with Crippen LogP contribution in [0.4, 0.5) is 0 Å². The predicted molar refractivity (Wildman–Crippen MR) is 104 cm³/mol. The van der Waals surface area contributed by atoms with Gasteiger partial charge in [-0.15, -0.1) is 21.5 Å². The van der Waals surface area contributed by atoms with E-state index in [0.717, 1.165) is 48.3 Å². The van der Waals surface area contributed by atoms with Crippen LogP contribution in [0.15, 0.2) is 35.7 Å². The quantitative estimate of drug-likeness (QED) is 0.724. The first-order valence-corrected chi connectivity index (χ1v) is 9.80. The van der Waals surface area contributed by atoms with Gasteiger partial charge in [0.15, 0.2) is 0 Å². The molecule has 136 valence electrons. The van der Waals surface area contributed by atoms with E-state index in [4.69, 9.17) is 10.7 Å². The van der Waals surface area contributed by atoms with Crippen LogP contribution < -0.4 is 5.73 Å². The zero-order chi connectivity index (χ0) is 18.1. The molecule has 2 heterocycles. The molecule has 0 radical (unpaired) electrons. The second kappa shape index (κ2) is 7.26. The number of nitrogens with two attached hydrogens (primary N) is 1. The molecule has 1 aliphatic rings. The minimum absolute atomic E-state index is 0.325. The molecule has 1 saturated carbocycles. The molecule has 0 spiro atoms. The van der Waals surface area contributed by atoms with Crippen molar-refractivity contribution in [3.63, 3.8) is 0 Å². The largest absolute Gasteiger partial charge is 0.328 e. The maximum absolute atomic E-state index is 5.90. The third-order valence-corrected chi connectivity index (χ3v) is 5.89. The smallest absolute Gasteiger partial charge is 0.146 e. The Balaban J connectivity index is 1.39. The Hall–Kier alpha value is -2.09. The maximum atomic E-state index is 5.90. The first kappa shape index (κ1) is 17.3. The summed E-state index contributed by atoms with van der Waals surface area (Å²) in [6, 6.07) is 10.6. The van der Waals surface area contributed by atoms with E-state index in [0.29, 0.717) is 12.0 Å². The second-order valence-electron chi connectivity index (χ2n) is 7.14. The van der Waals surface area contributed by atoms with E-state index >= 15 is 0 Å². The molecule has 1 aromatic carbocycles. The molecule has 7 heteroatoms. The summed E-state index contributed by atoms with van der Waals surface area (Å²) in [5, 5.41) is 12.0. The van der Waals surface area contributed by atoms with Crippen molar-refractivity contribution in [1.29, 1.82) is 0 Å². The van der Waals surface area contributed by atoms with Gasteiger partial charge >= 0.3 is 0 Å². The fourth-order valence-corrected chi connectivity index (χ4v) is 4.23. The number of benzene rings is 1. The Morgan fingerprint density at radius 1 is 1.19 bits per heavy atom. The van der Waals surface area contributed by atoms with E-state index < -0.39 is 0 Å². The Bertz CT molecular complexity index is 865. The standard InChI is InChI=1S/C19H24N6S/c1-24(10-16-12-26-19(21-16)13-6-4-3-5-7-13)11-17-22-23-18(25(17)2)14-8-15(20)9-14/h3-7,12,14-15H,8-11,20H2,1-2H3. The van der Waals surface area contributed by atoms with Crippen molar-refractivity contribution in [2.24, 2.45) is 12.8 Å². The molecule has 2 N–H and O–H groups in total. The SMILES string of the molecule is CN(Cc1csc(-c2ccccc2)n1)Cc1nnc(C2CC(N)C2)n1C. The van der Waals surface area contributed by atoms with Crippen LogP contribution >= 0.6 is 11.3 Å². The van der Waals surface area contributed by atoms with Gasteiger partial charge in [0, 0.05) is 36.5 Å². The zero-order valence-electron chi connectivity index (χ0n) is 15.2. The van der Waals surface area contributed by atoms with Crippen molar-refractivity contribution in [1.82, 2.24) is 24.6 Å². The van der Waals surface area contributed by atoms with Gasteiger partial charge in [-0.2, -0.15) is 0 Å². The van der Waals surface area contributed by atoms with E-state index in [2.05, 4.69) is 51.3 Å². The highest BCUT2D eigenvalue weighted by molar-refractivity contribution is 7.13. The molecule has 0 unspecified atom stereocenters. The average Bonchev–Trinajstić information content (AvgIpc) is 3.21. The molecular weight excluding hydrogens is 344 g/mol. The van der Waals surface area contributed by atoms with Gasteiger partial charge in [-0.25, -0.2) is 4.98 Å². The summed E-state index contributed by atoms with van der Waals surface area (Å²) in [6.07, 6.45) is 2.03. The lowest BCUT2D eigenvalue weighted by Crippen LogP contribution is -2.36. The second-order valence-corrected chi connectivity index (χ2v) is 8.00. The van der Waals surface area contributed by atoms with Gasteiger partial charge in [0.05, 0.1) is 12.2 Å². The minimum Gasteiger partial charge on any atom is -0.328 e. The fraction of sp³-hybridized carbons (Fsp3) is 0.421. The van der Waals surface area contributed by atoms with E-state index in [-0.39, 0.29) is 0 Å². The van der Waals surface area contributed by atoms with Crippen LogP contribution in [0.1, 0.15) is 36.1 Å². The normalized spacial score (nSPS) is 19.7. The lowest BCUT2D eigenvalue weighted by molar-refractivity contribution is 0.300. The molecule has 0 atom stereocenters. The summed E-state index contributed by atoms with van der Waals surface area (Å²) in [7, 11) is 4.15. The van der Waals surface area contributed by atoms with E-state index in [9.17, 15) is 0 Å². The molecule has 6 nitrogen and oxygen atoms in total. The van der Waals surface area contributed by atoms with Crippen molar-refractivity contribution in [3.05, 3.63) is 53.1 Å². The van der Waals surface area contributed by atoms with E-state index in [1.54, 1.807) is 11.3 Å². The van der Waals surface area contributed by atoms with Gasteiger partial charge in [-0.1, -0.05) is 30.3 Å². The minimum atomic E-state index is 0.325. The Labute approximate surface area is 157 Å². The van der Waals surface area contributed by atoms with Gasteiger partial charge < -0.3 is 10.3 Å². The Morgan fingerprint density at radius 2 is 1.96 bits per heavy atom. The molecule has 0 aliphatic heterocycles. The predicted octanol–water partition coefficient (Wildman–Crippen LogP) is 2.78.